The molecule has 1 aliphatic rings. The second kappa shape index (κ2) is 6.30. The number of morpholine rings is 1. The first-order valence-corrected chi connectivity index (χ1v) is 6.83. The first-order valence-electron chi connectivity index (χ1n) is 5.95. The van der Waals surface area contributed by atoms with Crippen LogP contribution in [0.15, 0.2) is 10.2 Å². The van der Waals surface area contributed by atoms with Gasteiger partial charge in [0.05, 0.1) is 13.2 Å². The fraction of sp³-hybridized carbons (Fsp3) is 0.727. The van der Waals surface area contributed by atoms with Gasteiger partial charge in [-0.1, -0.05) is 11.3 Å². The molecule has 1 aromatic rings. The zero-order chi connectivity index (χ0) is 12.1. The molecule has 1 aliphatic heterocycles. The van der Waals surface area contributed by atoms with Crippen molar-refractivity contribution in [1.82, 2.24) is 15.6 Å². The Balaban J connectivity index is 1.69. The summed E-state index contributed by atoms with van der Waals surface area (Å²) in [6.07, 6.45) is 1.04. The Kier molecular flexibility index (Phi) is 4.73. The number of aromatic amines is 1. The topological polar surface area (TPSA) is 66.2 Å². The highest BCUT2D eigenvalue weighted by Gasteiger charge is 2.15. The molecule has 2 heterocycles. The maximum Gasteiger partial charge on any atom is 0.304 e. The summed E-state index contributed by atoms with van der Waals surface area (Å²) >= 11 is 1.21. The maximum absolute atomic E-state index is 11.0. The standard InChI is InChI=1S/C11H19N3O2S/c1-8(4-9-6-16-3-2-12-9)13-5-10-7-17-11(15)14-10/h7-9,12-13H,2-6H2,1H3,(H,14,15). The van der Waals surface area contributed by atoms with E-state index in [0.717, 1.165) is 31.9 Å². The van der Waals surface area contributed by atoms with E-state index in [1.54, 1.807) is 0 Å². The molecule has 3 N–H and O–H groups in total. The summed E-state index contributed by atoms with van der Waals surface area (Å²) in [6, 6.07) is 0.838. The van der Waals surface area contributed by atoms with Gasteiger partial charge in [-0.2, -0.15) is 0 Å². The molecule has 96 valence electrons. The molecule has 0 amide bonds. The molecule has 2 rings (SSSR count). The van der Waals surface area contributed by atoms with Crippen LogP contribution >= 0.6 is 11.3 Å². The number of H-pyrrole nitrogens is 1. The summed E-state index contributed by atoms with van der Waals surface area (Å²) in [5, 5.41) is 8.70. The van der Waals surface area contributed by atoms with Crippen LogP contribution in [0.5, 0.6) is 0 Å². The van der Waals surface area contributed by atoms with Crippen LogP contribution in [0.1, 0.15) is 19.0 Å². The molecule has 0 bridgehead atoms. The van der Waals surface area contributed by atoms with Crippen LogP contribution in [-0.2, 0) is 11.3 Å². The lowest BCUT2D eigenvalue weighted by Crippen LogP contribution is -2.44. The van der Waals surface area contributed by atoms with Crippen molar-refractivity contribution in [3.05, 3.63) is 20.7 Å². The van der Waals surface area contributed by atoms with Gasteiger partial charge in [-0.25, -0.2) is 0 Å². The van der Waals surface area contributed by atoms with E-state index in [2.05, 4.69) is 22.5 Å². The fourth-order valence-electron chi connectivity index (χ4n) is 1.97. The summed E-state index contributed by atoms with van der Waals surface area (Å²) in [4.78, 5) is 13.8. The Morgan fingerprint density at radius 2 is 2.59 bits per heavy atom. The van der Waals surface area contributed by atoms with Crippen molar-refractivity contribution in [1.29, 1.82) is 0 Å². The van der Waals surface area contributed by atoms with Crippen LogP contribution in [0.2, 0.25) is 0 Å². The molecule has 1 fully saturated rings. The molecule has 0 spiro atoms. The van der Waals surface area contributed by atoms with Gasteiger partial charge < -0.3 is 20.4 Å². The molecule has 0 aromatic carbocycles. The van der Waals surface area contributed by atoms with Crippen molar-refractivity contribution in [2.45, 2.75) is 32.0 Å². The summed E-state index contributed by atoms with van der Waals surface area (Å²) in [6.45, 7) is 5.42. The fourth-order valence-corrected chi connectivity index (χ4v) is 2.55. The average Bonchev–Trinajstić information content (AvgIpc) is 2.74. The number of hydrogen-bond acceptors (Lipinski definition) is 5. The van der Waals surface area contributed by atoms with Gasteiger partial charge in [0.2, 0.25) is 0 Å². The predicted octanol–water partition coefficient (Wildman–Crippen LogP) is 0.293. The normalized spacial score (nSPS) is 22.5. The first-order chi connectivity index (χ1) is 8.24. The van der Waals surface area contributed by atoms with E-state index < -0.39 is 0 Å². The van der Waals surface area contributed by atoms with E-state index in [1.807, 2.05) is 5.38 Å². The van der Waals surface area contributed by atoms with E-state index in [0.29, 0.717) is 18.6 Å². The summed E-state index contributed by atoms with van der Waals surface area (Å²) in [5.41, 5.74) is 0.958. The van der Waals surface area contributed by atoms with Crippen LogP contribution in [-0.4, -0.2) is 36.8 Å². The number of hydrogen-bond donors (Lipinski definition) is 3. The summed E-state index contributed by atoms with van der Waals surface area (Å²) in [7, 11) is 0. The molecule has 0 radical (unpaired) electrons. The van der Waals surface area contributed by atoms with E-state index in [9.17, 15) is 4.79 Å². The summed E-state index contributed by atoms with van der Waals surface area (Å²) < 4.78 is 5.41. The molecule has 1 saturated heterocycles. The van der Waals surface area contributed by atoms with Crippen molar-refractivity contribution in [3.63, 3.8) is 0 Å². The molecule has 2 unspecified atom stereocenters. The number of aromatic nitrogens is 1. The van der Waals surface area contributed by atoms with Gasteiger partial charge in [-0.3, -0.25) is 4.79 Å². The molecule has 2 atom stereocenters. The number of thiazole rings is 1. The molecule has 17 heavy (non-hydrogen) atoms. The second-order valence-electron chi connectivity index (χ2n) is 4.42. The zero-order valence-corrected chi connectivity index (χ0v) is 10.8. The monoisotopic (exact) mass is 257 g/mol. The van der Waals surface area contributed by atoms with Crippen LogP contribution in [0, 0.1) is 0 Å². The number of nitrogens with one attached hydrogen (secondary N) is 3. The molecule has 6 heteroatoms. The predicted molar refractivity (Wildman–Crippen MR) is 68.5 cm³/mol. The first kappa shape index (κ1) is 12.8. The molecular weight excluding hydrogens is 238 g/mol. The molecule has 5 nitrogen and oxygen atoms in total. The van der Waals surface area contributed by atoms with E-state index in [1.165, 1.54) is 11.3 Å². The highest BCUT2D eigenvalue weighted by atomic mass is 32.1. The highest BCUT2D eigenvalue weighted by molar-refractivity contribution is 7.07. The van der Waals surface area contributed by atoms with Crippen LogP contribution < -0.4 is 15.5 Å². The Morgan fingerprint density at radius 1 is 1.71 bits per heavy atom. The quantitative estimate of drug-likeness (QED) is 0.709. The zero-order valence-electron chi connectivity index (χ0n) is 9.99. The van der Waals surface area contributed by atoms with Gasteiger partial charge in [0.15, 0.2) is 0 Å². The van der Waals surface area contributed by atoms with Gasteiger partial charge in [-0.15, -0.1) is 0 Å². The molecule has 1 aromatic heterocycles. The largest absolute Gasteiger partial charge is 0.379 e. The molecule has 0 aliphatic carbocycles. The van der Waals surface area contributed by atoms with Crippen molar-refractivity contribution in [2.75, 3.05) is 19.8 Å². The number of ether oxygens (including phenoxy) is 1. The van der Waals surface area contributed by atoms with Crippen LogP contribution in [0.4, 0.5) is 0 Å². The third-order valence-electron chi connectivity index (χ3n) is 2.85. The molecule has 0 saturated carbocycles. The van der Waals surface area contributed by atoms with Gasteiger partial charge in [-0.05, 0) is 13.3 Å². The lowest BCUT2D eigenvalue weighted by molar-refractivity contribution is 0.0712. The van der Waals surface area contributed by atoms with Crippen molar-refractivity contribution in [3.8, 4) is 0 Å². The smallest absolute Gasteiger partial charge is 0.304 e. The Morgan fingerprint density at radius 3 is 3.24 bits per heavy atom. The van der Waals surface area contributed by atoms with E-state index in [4.69, 9.17) is 4.74 Å². The van der Waals surface area contributed by atoms with Crippen molar-refractivity contribution in [2.24, 2.45) is 0 Å². The van der Waals surface area contributed by atoms with Crippen molar-refractivity contribution < 1.29 is 4.74 Å². The SMILES string of the molecule is CC(CC1COCCN1)NCc1csc(=O)[nH]1. The van der Waals surface area contributed by atoms with Crippen molar-refractivity contribution >= 4 is 11.3 Å². The maximum atomic E-state index is 11.0. The average molecular weight is 257 g/mol. The third kappa shape index (κ3) is 4.23. The van der Waals surface area contributed by atoms with E-state index in [-0.39, 0.29) is 4.87 Å². The minimum Gasteiger partial charge on any atom is -0.379 e. The Hall–Kier alpha value is -0.690. The minimum absolute atomic E-state index is 0.0109. The second-order valence-corrected chi connectivity index (χ2v) is 5.26. The van der Waals surface area contributed by atoms with Gasteiger partial charge in [0, 0.05) is 36.2 Å². The molecular formula is C11H19N3O2S. The minimum atomic E-state index is 0.0109. The summed E-state index contributed by atoms with van der Waals surface area (Å²) in [5.74, 6) is 0. The third-order valence-corrected chi connectivity index (χ3v) is 3.57. The lowest BCUT2D eigenvalue weighted by atomic mass is 10.1. The van der Waals surface area contributed by atoms with Gasteiger partial charge >= 0.3 is 4.87 Å². The van der Waals surface area contributed by atoms with Crippen LogP contribution in [0.3, 0.4) is 0 Å². The lowest BCUT2D eigenvalue weighted by Gasteiger charge is -2.26. The number of rotatable bonds is 5. The van der Waals surface area contributed by atoms with E-state index >= 15 is 0 Å². The highest BCUT2D eigenvalue weighted by Crippen LogP contribution is 2.03. The van der Waals surface area contributed by atoms with Gasteiger partial charge in [0.1, 0.15) is 0 Å². The van der Waals surface area contributed by atoms with Gasteiger partial charge in [0.25, 0.3) is 0 Å². The van der Waals surface area contributed by atoms with Crippen LogP contribution in [0.25, 0.3) is 0 Å². The Bertz CT molecular complexity index is 384. The Labute approximate surface area is 105 Å².